The van der Waals surface area contributed by atoms with Gasteiger partial charge in [-0.1, -0.05) is 85.5 Å². The predicted molar refractivity (Wildman–Crippen MR) is 229 cm³/mol. The summed E-state index contributed by atoms with van der Waals surface area (Å²) < 4.78 is 5.54. The summed E-state index contributed by atoms with van der Waals surface area (Å²) in [6.45, 7) is 8.85. The number of primary amides is 1. The van der Waals surface area contributed by atoms with E-state index >= 15 is 0 Å². The third kappa shape index (κ3) is 21.7. The lowest BCUT2D eigenvalue weighted by molar-refractivity contribution is -0.155. The maximum atomic E-state index is 13.9. The molecular formula is C41H74N10O11. The molecule has 0 aromatic rings. The maximum Gasteiger partial charge on any atom is 0.328 e. The van der Waals surface area contributed by atoms with Crippen LogP contribution in [0.3, 0.4) is 0 Å². The van der Waals surface area contributed by atoms with Gasteiger partial charge in [0.25, 0.3) is 0 Å². The summed E-state index contributed by atoms with van der Waals surface area (Å²) in [5, 5.41) is 45.5. The van der Waals surface area contributed by atoms with E-state index in [0.717, 1.165) is 57.8 Å². The van der Waals surface area contributed by atoms with Crippen molar-refractivity contribution in [1.82, 2.24) is 37.2 Å². The quantitative estimate of drug-likeness (QED) is 0.0268. The van der Waals surface area contributed by atoms with Gasteiger partial charge in [0.05, 0.1) is 19.1 Å². The van der Waals surface area contributed by atoms with E-state index in [4.69, 9.17) is 21.6 Å². The number of hydrogen-bond acceptors (Lipinski definition) is 12. The fraction of sp³-hybridized carbons (Fsp3) is 0.780. The standard InChI is InChI=1S/C41H74N10O11/c1-23(2)32-37(58)48-29(22-52)36(57)47-28(18-19-30(42)54)35(56)46-25(5)40(61)62-26(6)34(39(60)51-33(24(3)4)38(59)50-32)49-31(55)21-27(53)17-15-13-11-9-7-8-10-12-14-16-20-45-41(43)44/h23-29,32-34,52-53H,7-22H2,1-6H3,(H2,42,54)(H,46,56)(H,47,57)(H,48,58)(H,49,55)(H,50,59)(H,51,60)(H4,43,44,45). The first-order chi connectivity index (χ1) is 29.2. The first kappa shape index (κ1) is 55.0. The second-order valence-corrected chi connectivity index (χ2v) is 16.7. The molecule has 62 heavy (non-hydrogen) atoms. The Bertz CT molecular complexity index is 1500. The number of nitrogens with one attached hydrogen (secondary N) is 8. The van der Waals surface area contributed by atoms with Crippen LogP contribution >= 0.6 is 0 Å². The highest BCUT2D eigenvalue weighted by Crippen LogP contribution is 2.15. The number of cyclic esters (lactones) is 1. The first-order valence-electron chi connectivity index (χ1n) is 21.8. The molecule has 21 nitrogen and oxygen atoms in total. The molecule has 354 valence electrons. The molecule has 7 amide bonds. The van der Waals surface area contributed by atoms with Gasteiger partial charge in [-0.25, -0.2) is 4.79 Å². The van der Waals surface area contributed by atoms with Gasteiger partial charge in [0.2, 0.25) is 41.4 Å². The second-order valence-electron chi connectivity index (χ2n) is 16.7. The molecule has 14 N–H and O–H groups in total. The van der Waals surface area contributed by atoms with Crippen LogP contribution in [-0.2, 0) is 43.1 Å². The van der Waals surface area contributed by atoms with Crippen LogP contribution < -0.4 is 48.7 Å². The molecule has 8 atom stereocenters. The minimum atomic E-state index is -1.61. The lowest BCUT2D eigenvalue weighted by atomic mass is 9.98. The molecular weight excluding hydrogens is 809 g/mol. The molecule has 0 radical (unpaired) electrons. The minimum absolute atomic E-state index is 0.0125. The van der Waals surface area contributed by atoms with Crippen molar-refractivity contribution in [2.24, 2.45) is 23.3 Å². The van der Waals surface area contributed by atoms with Gasteiger partial charge < -0.3 is 63.6 Å². The van der Waals surface area contributed by atoms with Crippen molar-refractivity contribution in [1.29, 1.82) is 5.41 Å². The Labute approximate surface area is 365 Å². The second kappa shape index (κ2) is 29.3. The van der Waals surface area contributed by atoms with Crippen LogP contribution in [0.25, 0.3) is 0 Å². The van der Waals surface area contributed by atoms with Gasteiger partial charge in [0, 0.05) is 13.0 Å². The highest BCUT2D eigenvalue weighted by Gasteiger charge is 2.38. The zero-order valence-electron chi connectivity index (χ0n) is 37.3. The van der Waals surface area contributed by atoms with Gasteiger partial charge in [-0.3, -0.25) is 39.0 Å². The third-order valence-electron chi connectivity index (χ3n) is 10.4. The number of aliphatic hydroxyl groups is 2. The van der Waals surface area contributed by atoms with Crippen LogP contribution in [0.5, 0.6) is 0 Å². The lowest BCUT2D eigenvalue weighted by Gasteiger charge is -2.30. The zero-order valence-corrected chi connectivity index (χ0v) is 37.3. The number of nitrogens with two attached hydrogens (primary N) is 2. The number of carbonyl (C=O) groups is 8. The number of guanidine groups is 1. The van der Waals surface area contributed by atoms with Crippen molar-refractivity contribution < 1.29 is 53.3 Å². The van der Waals surface area contributed by atoms with E-state index < -0.39 is 114 Å². The molecule has 0 spiro atoms. The van der Waals surface area contributed by atoms with E-state index in [1.165, 1.54) is 13.8 Å². The smallest absolute Gasteiger partial charge is 0.328 e. The van der Waals surface area contributed by atoms with Crippen LogP contribution in [0.1, 0.15) is 131 Å². The van der Waals surface area contributed by atoms with Crippen molar-refractivity contribution >= 4 is 53.3 Å². The van der Waals surface area contributed by atoms with E-state index in [1.54, 1.807) is 27.7 Å². The summed E-state index contributed by atoms with van der Waals surface area (Å²) in [5.74, 6) is -8.26. The molecule has 8 unspecified atom stereocenters. The highest BCUT2D eigenvalue weighted by atomic mass is 16.5. The lowest BCUT2D eigenvalue weighted by Crippen LogP contribution is -2.62. The Morgan fingerprint density at radius 3 is 1.71 bits per heavy atom. The Morgan fingerprint density at radius 2 is 1.19 bits per heavy atom. The van der Waals surface area contributed by atoms with E-state index in [9.17, 15) is 48.6 Å². The molecule has 1 aliphatic heterocycles. The number of ether oxygens (including phenoxy) is 1. The molecule has 0 aromatic heterocycles. The number of unbranched alkanes of at least 4 members (excludes halogenated alkanes) is 9. The fourth-order valence-electron chi connectivity index (χ4n) is 6.65. The van der Waals surface area contributed by atoms with Crippen molar-refractivity contribution in [2.75, 3.05) is 13.2 Å². The highest BCUT2D eigenvalue weighted by molar-refractivity contribution is 5.97. The van der Waals surface area contributed by atoms with Crippen molar-refractivity contribution in [3.05, 3.63) is 0 Å². The average molecular weight is 883 g/mol. The normalized spacial score (nSPS) is 23.9. The van der Waals surface area contributed by atoms with Crippen LogP contribution in [-0.4, -0.2) is 125 Å². The zero-order chi connectivity index (χ0) is 46.9. The summed E-state index contributed by atoms with van der Waals surface area (Å²) in [5.41, 5.74) is 10.5. The van der Waals surface area contributed by atoms with Crippen LogP contribution in [0.4, 0.5) is 0 Å². The summed E-state index contributed by atoms with van der Waals surface area (Å²) in [7, 11) is 0. The van der Waals surface area contributed by atoms with Crippen molar-refractivity contribution in [2.45, 2.75) is 180 Å². The fourth-order valence-corrected chi connectivity index (χ4v) is 6.65. The van der Waals surface area contributed by atoms with E-state index in [1.807, 2.05) is 0 Å². The van der Waals surface area contributed by atoms with Gasteiger partial charge in [-0.15, -0.1) is 0 Å². The number of hydrogen-bond donors (Lipinski definition) is 12. The number of aliphatic hydroxyl groups excluding tert-OH is 2. The molecule has 0 saturated carbocycles. The predicted octanol–water partition coefficient (Wildman–Crippen LogP) is -1.04. The van der Waals surface area contributed by atoms with Crippen molar-refractivity contribution in [3.8, 4) is 0 Å². The number of carbonyl (C=O) groups excluding carboxylic acids is 8. The molecule has 0 aliphatic carbocycles. The van der Waals surface area contributed by atoms with Gasteiger partial charge in [0.1, 0.15) is 42.4 Å². The molecule has 1 aliphatic rings. The maximum absolute atomic E-state index is 13.9. The molecule has 1 rings (SSSR count). The van der Waals surface area contributed by atoms with Gasteiger partial charge >= 0.3 is 5.97 Å². The molecule has 1 fully saturated rings. The molecule has 1 heterocycles. The Morgan fingerprint density at radius 1 is 0.710 bits per heavy atom. The third-order valence-corrected chi connectivity index (χ3v) is 10.4. The summed E-state index contributed by atoms with van der Waals surface area (Å²) in [4.78, 5) is 106. The Balaban J connectivity index is 3.16. The number of rotatable bonds is 22. The van der Waals surface area contributed by atoms with Gasteiger partial charge in [-0.05, 0) is 44.9 Å². The monoisotopic (exact) mass is 883 g/mol. The van der Waals surface area contributed by atoms with E-state index in [2.05, 4.69) is 37.2 Å². The summed E-state index contributed by atoms with van der Waals surface area (Å²) >= 11 is 0. The summed E-state index contributed by atoms with van der Waals surface area (Å²) in [6.07, 6.45) is 6.95. The largest absolute Gasteiger partial charge is 0.458 e. The Hall–Kier alpha value is -5.05. The topological polar surface area (TPSA) is 346 Å². The molecule has 21 heteroatoms. The van der Waals surface area contributed by atoms with Crippen LogP contribution in [0, 0.1) is 17.2 Å². The minimum Gasteiger partial charge on any atom is -0.458 e. The Kier molecular flexibility index (Phi) is 26.0. The van der Waals surface area contributed by atoms with Gasteiger partial charge in [-0.2, -0.15) is 0 Å². The summed E-state index contributed by atoms with van der Waals surface area (Å²) in [6, 6.07) is -8.63. The van der Waals surface area contributed by atoms with Crippen LogP contribution in [0.2, 0.25) is 0 Å². The van der Waals surface area contributed by atoms with Gasteiger partial charge in [0.15, 0.2) is 5.96 Å². The molecule has 0 bridgehead atoms. The van der Waals surface area contributed by atoms with E-state index in [0.29, 0.717) is 19.4 Å². The molecule has 1 saturated heterocycles. The number of amides is 7. The van der Waals surface area contributed by atoms with Crippen LogP contribution in [0.15, 0.2) is 0 Å². The SMILES string of the molecule is CC1NC(=O)C(CCC(N)=O)NC(=O)C(CO)NC(=O)C(C(C)C)NC(=O)C(C(C)C)NC(=O)C(NC(=O)CC(O)CCCCCCCCCCCCNC(=N)N)C(C)OC1=O. The van der Waals surface area contributed by atoms with E-state index in [-0.39, 0.29) is 25.2 Å². The van der Waals surface area contributed by atoms with Crippen molar-refractivity contribution in [3.63, 3.8) is 0 Å². The first-order valence-corrected chi connectivity index (χ1v) is 21.8. The average Bonchev–Trinajstić information content (AvgIpc) is 3.18. The molecule has 0 aromatic carbocycles. The number of esters is 1.